The van der Waals surface area contributed by atoms with E-state index in [0.717, 1.165) is 17.7 Å². The molecule has 0 bridgehead atoms. The summed E-state index contributed by atoms with van der Waals surface area (Å²) in [5.41, 5.74) is 2.26. The van der Waals surface area contributed by atoms with Crippen LogP contribution in [0.4, 0.5) is 18.9 Å². The summed E-state index contributed by atoms with van der Waals surface area (Å²) >= 11 is 1.46. The number of carboxylic acids is 1. The summed E-state index contributed by atoms with van der Waals surface area (Å²) in [6.45, 7) is 2.11. The van der Waals surface area contributed by atoms with E-state index in [1.54, 1.807) is 36.4 Å². The molecule has 0 unspecified atom stereocenters. The molecular weight excluding hydrogens is 607 g/mol. The van der Waals surface area contributed by atoms with Crippen LogP contribution >= 0.6 is 11.8 Å². The first kappa shape index (κ1) is 33.1. The highest BCUT2D eigenvalue weighted by molar-refractivity contribution is 7.98. The van der Waals surface area contributed by atoms with Crippen LogP contribution in [0.25, 0.3) is 11.3 Å². The molecule has 0 fully saturated rings. The van der Waals surface area contributed by atoms with Crippen LogP contribution in [0.5, 0.6) is 5.75 Å². The topological polar surface area (TPSA) is 118 Å². The van der Waals surface area contributed by atoms with Gasteiger partial charge in [-0.2, -0.15) is 24.9 Å². The van der Waals surface area contributed by atoms with E-state index in [0.29, 0.717) is 51.9 Å². The fourth-order valence-electron chi connectivity index (χ4n) is 4.31. The molecule has 3 N–H and O–H groups in total. The molecule has 0 aliphatic carbocycles. The number of amides is 2. The van der Waals surface area contributed by atoms with Gasteiger partial charge in [0.1, 0.15) is 5.75 Å². The van der Waals surface area contributed by atoms with Gasteiger partial charge >= 0.3 is 12.1 Å². The summed E-state index contributed by atoms with van der Waals surface area (Å²) in [6, 6.07) is 19.8. The Morgan fingerprint density at radius 3 is 2.42 bits per heavy atom. The van der Waals surface area contributed by atoms with Crippen molar-refractivity contribution in [2.24, 2.45) is 0 Å². The van der Waals surface area contributed by atoms with Crippen LogP contribution in [-0.2, 0) is 23.3 Å². The van der Waals surface area contributed by atoms with Gasteiger partial charge in [-0.15, -0.1) is 0 Å². The molecule has 1 heterocycles. The number of aromatic nitrogens is 1. The molecule has 2 amide bonds. The lowest BCUT2D eigenvalue weighted by molar-refractivity contribution is -0.138. The van der Waals surface area contributed by atoms with Gasteiger partial charge in [0.15, 0.2) is 0 Å². The largest absolute Gasteiger partial charge is 0.494 e. The average molecular weight is 638 g/mol. The Morgan fingerprint density at radius 2 is 1.67 bits per heavy atom. The van der Waals surface area contributed by atoms with E-state index in [-0.39, 0.29) is 24.4 Å². The van der Waals surface area contributed by atoms with Crippen molar-refractivity contribution in [1.29, 1.82) is 0 Å². The second kappa shape index (κ2) is 15.2. The van der Waals surface area contributed by atoms with Crippen LogP contribution in [-0.4, -0.2) is 40.2 Å². The number of carboxylic acid groups (broad SMARTS) is 1. The van der Waals surface area contributed by atoms with Gasteiger partial charge < -0.3 is 20.5 Å². The van der Waals surface area contributed by atoms with Gasteiger partial charge in [-0.05, 0) is 72.6 Å². The number of anilines is 1. The number of hydrogen-bond acceptors (Lipinski definition) is 6. The molecule has 0 radical (unpaired) electrons. The molecular formula is C33H30F3N3O5S. The molecule has 8 nitrogen and oxygen atoms in total. The maximum Gasteiger partial charge on any atom is 0.416 e. The lowest BCUT2D eigenvalue weighted by Gasteiger charge is -2.14. The Hall–Kier alpha value is -4.84. The summed E-state index contributed by atoms with van der Waals surface area (Å²) in [5, 5.41) is 14.4. The van der Waals surface area contributed by atoms with Crippen LogP contribution in [0.2, 0.25) is 0 Å². The van der Waals surface area contributed by atoms with Gasteiger partial charge in [-0.25, -0.2) is 0 Å². The highest BCUT2D eigenvalue weighted by Crippen LogP contribution is 2.32. The number of nitrogens with zero attached hydrogens (tertiary/aromatic N) is 1. The number of rotatable bonds is 13. The number of alkyl halides is 3. The molecule has 234 valence electrons. The Morgan fingerprint density at radius 1 is 0.911 bits per heavy atom. The minimum atomic E-state index is -4.49. The number of aliphatic carboxylic acids is 1. The SMILES string of the molecule is CCOc1ccc(NC(=O)c2cccc(CSCCC(=O)O)c2)c(-c2cc(C(=O)NCc3cccc(C(F)(F)F)c3)ccn2)c1. The predicted octanol–water partition coefficient (Wildman–Crippen LogP) is 7.06. The predicted molar refractivity (Wildman–Crippen MR) is 166 cm³/mol. The van der Waals surface area contributed by atoms with Gasteiger partial charge in [-0.3, -0.25) is 19.4 Å². The average Bonchev–Trinajstić information content (AvgIpc) is 3.02. The fourth-order valence-corrected chi connectivity index (χ4v) is 5.19. The lowest BCUT2D eigenvalue weighted by atomic mass is 10.0. The van der Waals surface area contributed by atoms with E-state index >= 15 is 0 Å². The Balaban J connectivity index is 1.52. The van der Waals surface area contributed by atoms with Crippen LogP contribution in [0.15, 0.2) is 85.1 Å². The van der Waals surface area contributed by atoms with Crippen molar-refractivity contribution in [2.45, 2.75) is 31.8 Å². The van der Waals surface area contributed by atoms with E-state index < -0.39 is 23.6 Å². The van der Waals surface area contributed by atoms with Crippen LogP contribution in [0, 0.1) is 0 Å². The van der Waals surface area contributed by atoms with Gasteiger partial charge in [-0.1, -0.05) is 24.3 Å². The smallest absolute Gasteiger partial charge is 0.416 e. The molecule has 0 aliphatic rings. The number of thioether (sulfide) groups is 1. The van der Waals surface area contributed by atoms with Crippen molar-refractivity contribution in [3.63, 3.8) is 0 Å². The molecule has 4 rings (SSSR count). The fraction of sp³-hybridized carbons (Fsp3) is 0.212. The molecule has 0 saturated carbocycles. The third-order valence-electron chi connectivity index (χ3n) is 6.47. The number of nitrogens with one attached hydrogen (secondary N) is 2. The number of carbonyl (C=O) groups excluding carboxylic acids is 2. The maximum absolute atomic E-state index is 13.3. The van der Waals surface area contributed by atoms with Gasteiger partial charge in [0.25, 0.3) is 11.8 Å². The lowest BCUT2D eigenvalue weighted by Crippen LogP contribution is -2.23. The van der Waals surface area contributed by atoms with Gasteiger partial charge in [0.2, 0.25) is 0 Å². The van der Waals surface area contributed by atoms with Crippen molar-refractivity contribution in [2.75, 3.05) is 17.7 Å². The summed E-state index contributed by atoms with van der Waals surface area (Å²) in [4.78, 5) is 41.4. The minimum Gasteiger partial charge on any atom is -0.494 e. The zero-order chi connectivity index (χ0) is 32.4. The number of hydrogen-bond donors (Lipinski definition) is 3. The number of benzene rings is 3. The molecule has 0 aliphatic heterocycles. The number of ether oxygens (including phenoxy) is 1. The molecule has 12 heteroatoms. The van der Waals surface area contributed by atoms with Crippen LogP contribution in [0.3, 0.4) is 0 Å². The number of pyridine rings is 1. The standard InChI is InChI=1S/C33H30F3N3O5S/c1-2-44-26-9-10-28(39-32(43)23-7-3-6-22(15-23)20-45-14-12-30(40)41)27(18-26)29-17-24(11-13-37-29)31(42)38-19-21-5-4-8-25(16-21)33(34,35)36/h3-11,13,15-18H,2,12,14,19-20H2,1H3,(H,38,42)(H,39,43)(H,40,41). The Labute approximate surface area is 262 Å². The summed E-state index contributed by atoms with van der Waals surface area (Å²) in [7, 11) is 0. The molecule has 1 aromatic heterocycles. The number of halogens is 3. The van der Waals surface area contributed by atoms with E-state index in [2.05, 4.69) is 15.6 Å². The summed E-state index contributed by atoms with van der Waals surface area (Å²) < 4.78 is 44.9. The first-order valence-corrected chi connectivity index (χ1v) is 15.1. The van der Waals surface area contributed by atoms with E-state index in [1.165, 1.54) is 42.2 Å². The minimum absolute atomic E-state index is 0.0537. The molecule has 4 aromatic rings. The highest BCUT2D eigenvalue weighted by Gasteiger charge is 2.30. The monoisotopic (exact) mass is 637 g/mol. The van der Waals surface area contributed by atoms with Crippen molar-refractivity contribution in [3.8, 4) is 17.0 Å². The van der Waals surface area contributed by atoms with Crippen molar-refractivity contribution in [3.05, 3.63) is 113 Å². The van der Waals surface area contributed by atoms with Gasteiger partial charge in [0.05, 0.1) is 30.0 Å². The third-order valence-corrected chi connectivity index (χ3v) is 7.50. The van der Waals surface area contributed by atoms with Crippen molar-refractivity contribution < 1.29 is 37.4 Å². The quantitative estimate of drug-likeness (QED) is 0.134. The summed E-state index contributed by atoms with van der Waals surface area (Å²) in [6.07, 6.45) is -3.01. The molecule has 3 aromatic carbocycles. The summed E-state index contributed by atoms with van der Waals surface area (Å²) in [5.74, 6) is -0.232. The molecule has 0 atom stereocenters. The Bertz CT molecular complexity index is 1680. The van der Waals surface area contributed by atoms with Crippen molar-refractivity contribution >= 4 is 35.2 Å². The normalized spacial score (nSPS) is 11.1. The first-order valence-electron chi connectivity index (χ1n) is 13.9. The highest BCUT2D eigenvalue weighted by atomic mass is 32.2. The molecule has 45 heavy (non-hydrogen) atoms. The molecule has 0 spiro atoms. The Kier molecular flexibility index (Phi) is 11.2. The first-order chi connectivity index (χ1) is 21.5. The van der Waals surface area contributed by atoms with Gasteiger partial charge in [0, 0.05) is 40.9 Å². The maximum atomic E-state index is 13.3. The van der Waals surface area contributed by atoms with Crippen molar-refractivity contribution in [1.82, 2.24) is 10.3 Å². The van der Waals surface area contributed by atoms with E-state index in [1.807, 2.05) is 13.0 Å². The second-order valence-electron chi connectivity index (χ2n) is 9.80. The van der Waals surface area contributed by atoms with Crippen LogP contribution in [0.1, 0.15) is 50.8 Å². The van der Waals surface area contributed by atoms with E-state index in [9.17, 15) is 27.6 Å². The molecule has 0 saturated heterocycles. The zero-order valence-electron chi connectivity index (χ0n) is 24.2. The van der Waals surface area contributed by atoms with E-state index in [4.69, 9.17) is 9.84 Å². The zero-order valence-corrected chi connectivity index (χ0v) is 25.0. The second-order valence-corrected chi connectivity index (χ2v) is 10.9. The van der Waals surface area contributed by atoms with Crippen LogP contribution < -0.4 is 15.4 Å². The third kappa shape index (κ3) is 9.57. The number of carbonyl (C=O) groups is 3.